The molecule has 1 atom stereocenters. The monoisotopic (exact) mass is 299 g/mol. The highest BCUT2D eigenvalue weighted by molar-refractivity contribution is 7.89. The third-order valence-electron chi connectivity index (χ3n) is 2.88. The van der Waals surface area contributed by atoms with Gasteiger partial charge in [0.25, 0.3) is 0 Å². The average Bonchev–Trinajstić information content (AvgIpc) is 2.35. The molecule has 0 bridgehead atoms. The maximum Gasteiger partial charge on any atom is 0.321 e. The summed E-state index contributed by atoms with van der Waals surface area (Å²) in [4.78, 5) is 11.0. The highest BCUT2D eigenvalue weighted by atomic mass is 32.2. The first-order valence-corrected chi connectivity index (χ1v) is 8.08. The Morgan fingerprint density at radius 3 is 2.20 bits per heavy atom. The van der Waals surface area contributed by atoms with Gasteiger partial charge >= 0.3 is 5.97 Å². The first-order chi connectivity index (χ1) is 9.26. The lowest BCUT2D eigenvalue weighted by Gasteiger charge is -2.13. The Kier molecular flexibility index (Phi) is 5.71. The number of carbonyl (C=O) groups is 1. The van der Waals surface area contributed by atoms with E-state index in [0.29, 0.717) is 5.92 Å². The minimum Gasteiger partial charge on any atom is -0.480 e. The SMILES string of the molecule is CC[C@@H](NS(=O)(=O)c1ccc(CC(C)C)cc1)C(=O)O. The van der Waals surface area contributed by atoms with Gasteiger partial charge in [0.2, 0.25) is 10.0 Å². The number of sulfonamides is 1. The number of aliphatic carboxylic acids is 1. The molecule has 0 radical (unpaired) electrons. The van der Waals surface area contributed by atoms with Crippen LogP contribution < -0.4 is 4.72 Å². The van der Waals surface area contributed by atoms with Crippen LogP contribution in [-0.4, -0.2) is 25.5 Å². The molecule has 5 nitrogen and oxygen atoms in total. The predicted octanol–water partition coefficient (Wildman–Crippen LogP) is 2.03. The summed E-state index contributed by atoms with van der Waals surface area (Å²) in [5.41, 5.74) is 1.06. The van der Waals surface area contributed by atoms with Gasteiger partial charge in [-0.3, -0.25) is 4.79 Å². The van der Waals surface area contributed by atoms with Crippen molar-refractivity contribution in [1.29, 1.82) is 0 Å². The second kappa shape index (κ2) is 6.85. The number of rotatable bonds is 7. The fraction of sp³-hybridized carbons (Fsp3) is 0.500. The number of carboxylic acids is 1. The first kappa shape index (κ1) is 16.7. The summed E-state index contributed by atoms with van der Waals surface area (Å²) < 4.78 is 26.3. The fourth-order valence-electron chi connectivity index (χ4n) is 1.84. The summed E-state index contributed by atoms with van der Waals surface area (Å²) in [6.45, 7) is 5.79. The van der Waals surface area contributed by atoms with Crippen LogP contribution in [0.15, 0.2) is 29.2 Å². The zero-order valence-electron chi connectivity index (χ0n) is 12.0. The van der Waals surface area contributed by atoms with E-state index in [1.807, 2.05) is 0 Å². The molecule has 1 aromatic carbocycles. The van der Waals surface area contributed by atoms with Crippen LogP contribution in [0.4, 0.5) is 0 Å². The highest BCUT2D eigenvalue weighted by Crippen LogP contribution is 2.14. The number of benzene rings is 1. The summed E-state index contributed by atoms with van der Waals surface area (Å²) in [6.07, 6.45) is 1.07. The molecule has 0 aromatic heterocycles. The third kappa shape index (κ3) is 4.61. The van der Waals surface area contributed by atoms with Gasteiger partial charge in [-0.15, -0.1) is 0 Å². The van der Waals surface area contributed by atoms with E-state index in [4.69, 9.17) is 5.11 Å². The topological polar surface area (TPSA) is 83.5 Å². The fourth-order valence-corrected chi connectivity index (χ4v) is 3.11. The summed E-state index contributed by atoms with van der Waals surface area (Å²) >= 11 is 0. The molecular formula is C14H21NO4S. The van der Waals surface area contributed by atoms with E-state index in [2.05, 4.69) is 18.6 Å². The second-order valence-electron chi connectivity index (χ2n) is 5.16. The van der Waals surface area contributed by atoms with Gasteiger partial charge in [-0.1, -0.05) is 32.9 Å². The molecule has 1 aromatic rings. The van der Waals surface area contributed by atoms with Crippen LogP contribution in [0.25, 0.3) is 0 Å². The molecule has 0 fully saturated rings. The molecule has 0 heterocycles. The zero-order valence-corrected chi connectivity index (χ0v) is 12.8. The lowest BCUT2D eigenvalue weighted by molar-refractivity contribution is -0.139. The quantitative estimate of drug-likeness (QED) is 0.807. The van der Waals surface area contributed by atoms with Crippen LogP contribution in [-0.2, 0) is 21.2 Å². The van der Waals surface area contributed by atoms with Gasteiger partial charge in [0, 0.05) is 0 Å². The molecule has 0 saturated carbocycles. The Balaban J connectivity index is 2.90. The third-order valence-corrected chi connectivity index (χ3v) is 4.37. The van der Waals surface area contributed by atoms with Crippen molar-refractivity contribution in [2.45, 2.75) is 44.6 Å². The van der Waals surface area contributed by atoms with E-state index >= 15 is 0 Å². The molecule has 0 aliphatic heterocycles. The Morgan fingerprint density at radius 1 is 1.25 bits per heavy atom. The molecule has 2 N–H and O–H groups in total. The van der Waals surface area contributed by atoms with E-state index in [1.165, 1.54) is 12.1 Å². The van der Waals surface area contributed by atoms with Gasteiger partial charge < -0.3 is 5.11 Å². The van der Waals surface area contributed by atoms with Crippen LogP contribution in [0.2, 0.25) is 0 Å². The molecule has 1 rings (SSSR count). The van der Waals surface area contributed by atoms with Crippen LogP contribution in [0.5, 0.6) is 0 Å². The minimum absolute atomic E-state index is 0.0877. The van der Waals surface area contributed by atoms with Gasteiger partial charge in [0.05, 0.1) is 4.90 Å². The molecule has 20 heavy (non-hydrogen) atoms. The molecule has 0 unspecified atom stereocenters. The Bertz CT molecular complexity index is 549. The summed E-state index contributed by atoms with van der Waals surface area (Å²) in [6, 6.07) is 5.44. The van der Waals surface area contributed by atoms with E-state index in [9.17, 15) is 13.2 Å². The van der Waals surface area contributed by atoms with Crippen LogP contribution in [0.3, 0.4) is 0 Å². The number of carboxylic acid groups (broad SMARTS) is 1. The summed E-state index contributed by atoms with van der Waals surface area (Å²) in [5.74, 6) is -0.681. The average molecular weight is 299 g/mol. The standard InChI is InChI=1S/C14H21NO4S/c1-4-13(14(16)17)15-20(18,19)12-7-5-11(6-8-12)9-10(2)3/h5-8,10,13,15H,4,9H2,1-3H3,(H,16,17)/t13-/m1/s1. The van der Waals surface area contributed by atoms with E-state index in [1.54, 1.807) is 19.1 Å². The first-order valence-electron chi connectivity index (χ1n) is 6.60. The van der Waals surface area contributed by atoms with Gasteiger partial charge in [0.1, 0.15) is 6.04 Å². The Morgan fingerprint density at radius 2 is 1.80 bits per heavy atom. The van der Waals surface area contributed by atoms with Gasteiger partial charge in [0.15, 0.2) is 0 Å². The minimum atomic E-state index is -3.79. The van der Waals surface area contributed by atoms with Crippen LogP contribution in [0.1, 0.15) is 32.8 Å². The summed E-state index contributed by atoms with van der Waals surface area (Å²) in [5, 5.41) is 8.90. The molecule has 0 aliphatic rings. The van der Waals surface area contributed by atoms with Crippen molar-refractivity contribution in [3.8, 4) is 0 Å². The van der Waals surface area contributed by atoms with Crippen LogP contribution in [0, 0.1) is 5.92 Å². The molecule has 0 saturated heterocycles. The van der Waals surface area contributed by atoms with Crippen molar-refractivity contribution >= 4 is 16.0 Å². The van der Waals surface area contributed by atoms with Crippen molar-refractivity contribution in [2.75, 3.05) is 0 Å². The molecule has 0 amide bonds. The van der Waals surface area contributed by atoms with Crippen molar-refractivity contribution in [1.82, 2.24) is 4.72 Å². The Hall–Kier alpha value is -1.40. The van der Waals surface area contributed by atoms with E-state index in [0.717, 1.165) is 12.0 Å². The molecule has 112 valence electrons. The van der Waals surface area contributed by atoms with Crippen molar-refractivity contribution in [3.05, 3.63) is 29.8 Å². The molecule has 0 spiro atoms. The van der Waals surface area contributed by atoms with Gasteiger partial charge in [-0.25, -0.2) is 8.42 Å². The second-order valence-corrected chi connectivity index (χ2v) is 6.88. The highest BCUT2D eigenvalue weighted by Gasteiger charge is 2.23. The van der Waals surface area contributed by atoms with Gasteiger partial charge in [-0.05, 0) is 36.5 Å². The lowest BCUT2D eigenvalue weighted by atomic mass is 10.0. The predicted molar refractivity (Wildman–Crippen MR) is 77.0 cm³/mol. The number of nitrogens with one attached hydrogen (secondary N) is 1. The zero-order chi connectivity index (χ0) is 15.3. The van der Waals surface area contributed by atoms with Crippen molar-refractivity contribution < 1.29 is 18.3 Å². The maximum absolute atomic E-state index is 12.1. The van der Waals surface area contributed by atoms with E-state index < -0.39 is 22.0 Å². The molecular weight excluding hydrogens is 278 g/mol. The van der Waals surface area contributed by atoms with Crippen LogP contribution >= 0.6 is 0 Å². The largest absolute Gasteiger partial charge is 0.480 e. The van der Waals surface area contributed by atoms with Crippen molar-refractivity contribution in [2.24, 2.45) is 5.92 Å². The van der Waals surface area contributed by atoms with Gasteiger partial charge in [-0.2, -0.15) is 4.72 Å². The molecule has 0 aliphatic carbocycles. The van der Waals surface area contributed by atoms with Crippen molar-refractivity contribution in [3.63, 3.8) is 0 Å². The smallest absolute Gasteiger partial charge is 0.321 e. The lowest BCUT2D eigenvalue weighted by Crippen LogP contribution is -2.40. The number of hydrogen-bond donors (Lipinski definition) is 2. The Labute approximate surface area is 120 Å². The molecule has 6 heteroatoms. The summed E-state index contributed by atoms with van der Waals surface area (Å²) in [7, 11) is -3.79. The van der Waals surface area contributed by atoms with E-state index in [-0.39, 0.29) is 11.3 Å². The normalized spacial score (nSPS) is 13.4. The number of hydrogen-bond acceptors (Lipinski definition) is 3. The maximum atomic E-state index is 12.1.